The highest BCUT2D eigenvalue weighted by Gasteiger charge is 2.26. The van der Waals surface area contributed by atoms with E-state index in [0.29, 0.717) is 28.4 Å². The van der Waals surface area contributed by atoms with Crippen LogP contribution in [-0.2, 0) is 6.42 Å². The molecule has 0 atom stereocenters. The summed E-state index contributed by atoms with van der Waals surface area (Å²) >= 11 is 6.09. The number of anilines is 2. The standard InChI is InChI=1S/C21H16ClN3O2/c22-18-6-2-1-5-17(18)20(26)24-16-8-7-14-9-11-25(19(14)12-16)21(27)15-4-3-10-23-13-15/h1-8,10,12-13H,9,11H2,(H,24,26). The molecule has 6 heteroatoms. The van der Waals surface area contributed by atoms with Crippen LogP contribution in [-0.4, -0.2) is 23.3 Å². The molecule has 0 aliphatic carbocycles. The lowest BCUT2D eigenvalue weighted by Crippen LogP contribution is -2.29. The minimum Gasteiger partial charge on any atom is -0.322 e. The van der Waals surface area contributed by atoms with E-state index in [1.807, 2.05) is 18.2 Å². The minimum absolute atomic E-state index is 0.101. The molecule has 1 N–H and O–H groups in total. The number of aromatic nitrogens is 1. The van der Waals surface area contributed by atoms with E-state index < -0.39 is 0 Å². The normalized spacial score (nSPS) is 12.6. The summed E-state index contributed by atoms with van der Waals surface area (Å²) in [5.41, 5.74) is 3.44. The van der Waals surface area contributed by atoms with Crippen LogP contribution in [0.15, 0.2) is 67.0 Å². The number of nitrogens with one attached hydrogen (secondary N) is 1. The first-order valence-corrected chi connectivity index (χ1v) is 8.92. The molecule has 0 saturated heterocycles. The van der Waals surface area contributed by atoms with Crippen molar-refractivity contribution in [2.45, 2.75) is 6.42 Å². The number of hydrogen-bond acceptors (Lipinski definition) is 3. The van der Waals surface area contributed by atoms with Gasteiger partial charge in [0.25, 0.3) is 11.8 Å². The largest absolute Gasteiger partial charge is 0.322 e. The molecule has 0 bridgehead atoms. The van der Waals surface area contributed by atoms with E-state index in [2.05, 4.69) is 10.3 Å². The van der Waals surface area contributed by atoms with Crippen LogP contribution in [0, 0.1) is 0 Å². The predicted octanol–water partition coefficient (Wildman–Crippen LogP) is 4.19. The maximum absolute atomic E-state index is 12.8. The summed E-state index contributed by atoms with van der Waals surface area (Å²) in [5.74, 6) is -0.389. The van der Waals surface area contributed by atoms with Gasteiger partial charge in [-0.1, -0.05) is 29.8 Å². The quantitative estimate of drug-likeness (QED) is 0.744. The molecule has 0 spiro atoms. The van der Waals surface area contributed by atoms with E-state index >= 15 is 0 Å². The van der Waals surface area contributed by atoms with Gasteiger partial charge >= 0.3 is 0 Å². The SMILES string of the molecule is O=C(Nc1ccc2c(c1)N(C(=O)c1cccnc1)CC2)c1ccccc1Cl. The van der Waals surface area contributed by atoms with Crippen LogP contribution >= 0.6 is 11.6 Å². The topological polar surface area (TPSA) is 62.3 Å². The van der Waals surface area contributed by atoms with Gasteiger partial charge in [0.05, 0.1) is 16.1 Å². The van der Waals surface area contributed by atoms with Crippen LogP contribution in [0.4, 0.5) is 11.4 Å². The van der Waals surface area contributed by atoms with Crippen molar-refractivity contribution in [3.8, 4) is 0 Å². The van der Waals surface area contributed by atoms with Gasteiger partial charge in [0.2, 0.25) is 0 Å². The molecule has 2 heterocycles. The summed E-state index contributed by atoms with van der Waals surface area (Å²) in [4.78, 5) is 31.0. The summed E-state index contributed by atoms with van der Waals surface area (Å²) < 4.78 is 0. The fraction of sp³-hybridized carbons (Fsp3) is 0.0952. The molecule has 1 aliphatic heterocycles. The Morgan fingerprint density at radius 3 is 2.70 bits per heavy atom. The lowest BCUT2D eigenvalue weighted by molar-refractivity contribution is 0.0987. The fourth-order valence-corrected chi connectivity index (χ4v) is 3.38. The van der Waals surface area contributed by atoms with Crippen molar-refractivity contribution in [3.63, 3.8) is 0 Å². The van der Waals surface area contributed by atoms with Crippen molar-refractivity contribution in [1.29, 1.82) is 0 Å². The molecule has 134 valence electrons. The molecule has 1 aromatic heterocycles. The third kappa shape index (κ3) is 3.41. The molecule has 0 saturated carbocycles. The smallest absolute Gasteiger partial charge is 0.259 e. The minimum atomic E-state index is -0.288. The van der Waals surface area contributed by atoms with Crippen LogP contribution in [0.1, 0.15) is 26.3 Å². The number of amides is 2. The van der Waals surface area contributed by atoms with Crippen molar-refractivity contribution >= 4 is 34.8 Å². The molecule has 2 amide bonds. The van der Waals surface area contributed by atoms with E-state index in [9.17, 15) is 9.59 Å². The van der Waals surface area contributed by atoms with Crippen molar-refractivity contribution in [2.75, 3.05) is 16.8 Å². The molecular weight excluding hydrogens is 362 g/mol. The first-order chi connectivity index (χ1) is 13.1. The lowest BCUT2D eigenvalue weighted by atomic mass is 10.1. The molecule has 0 unspecified atom stereocenters. The Labute approximate surface area is 161 Å². The van der Waals surface area contributed by atoms with Crippen molar-refractivity contribution in [1.82, 2.24) is 4.98 Å². The van der Waals surface area contributed by atoms with Gasteiger partial charge in [0.1, 0.15) is 0 Å². The average molecular weight is 378 g/mol. The molecular formula is C21H16ClN3O2. The van der Waals surface area contributed by atoms with Crippen LogP contribution < -0.4 is 10.2 Å². The number of carbonyl (C=O) groups excluding carboxylic acids is 2. The maximum atomic E-state index is 12.8. The van der Waals surface area contributed by atoms with E-state index in [0.717, 1.165) is 17.7 Å². The molecule has 27 heavy (non-hydrogen) atoms. The first-order valence-electron chi connectivity index (χ1n) is 8.54. The number of pyridine rings is 1. The zero-order chi connectivity index (χ0) is 18.8. The van der Waals surface area contributed by atoms with E-state index in [-0.39, 0.29) is 11.8 Å². The number of hydrogen-bond donors (Lipinski definition) is 1. The Bertz CT molecular complexity index is 1020. The second kappa shape index (κ2) is 7.21. The zero-order valence-electron chi connectivity index (χ0n) is 14.4. The van der Waals surface area contributed by atoms with E-state index in [1.165, 1.54) is 0 Å². The van der Waals surface area contributed by atoms with E-state index in [1.54, 1.807) is 53.7 Å². The molecule has 4 rings (SSSR count). The third-order valence-corrected chi connectivity index (χ3v) is 4.84. The molecule has 3 aromatic rings. The number of nitrogens with zero attached hydrogens (tertiary/aromatic N) is 2. The van der Waals surface area contributed by atoms with Gasteiger partial charge in [-0.05, 0) is 48.4 Å². The lowest BCUT2D eigenvalue weighted by Gasteiger charge is -2.18. The second-order valence-corrected chi connectivity index (χ2v) is 6.63. The Kier molecular flexibility index (Phi) is 4.60. The van der Waals surface area contributed by atoms with Crippen LogP contribution in [0.2, 0.25) is 5.02 Å². The number of carbonyl (C=O) groups is 2. The van der Waals surface area contributed by atoms with Crippen molar-refractivity contribution in [2.24, 2.45) is 0 Å². The zero-order valence-corrected chi connectivity index (χ0v) is 15.1. The van der Waals surface area contributed by atoms with Crippen LogP contribution in [0.5, 0.6) is 0 Å². The summed E-state index contributed by atoms with van der Waals surface area (Å²) in [7, 11) is 0. The van der Waals surface area contributed by atoms with Gasteiger partial charge in [0, 0.05) is 30.3 Å². The molecule has 0 radical (unpaired) electrons. The maximum Gasteiger partial charge on any atom is 0.259 e. The number of halogens is 1. The predicted molar refractivity (Wildman–Crippen MR) is 105 cm³/mol. The number of fused-ring (bicyclic) bond motifs is 1. The highest BCUT2D eigenvalue weighted by Crippen LogP contribution is 2.32. The van der Waals surface area contributed by atoms with Gasteiger partial charge in [0.15, 0.2) is 0 Å². The van der Waals surface area contributed by atoms with Gasteiger partial charge in [-0.25, -0.2) is 0 Å². The Morgan fingerprint density at radius 1 is 1.07 bits per heavy atom. The summed E-state index contributed by atoms with van der Waals surface area (Å²) in [6, 6.07) is 16.0. The Morgan fingerprint density at radius 2 is 1.93 bits per heavy atom. The fourth-order valence-electron chi connectivity index (χ4n) is 3.16. The summed E-state index contributed by atoms with van der Waals surface area (Å²) in [6.07, 6.45) is 3.97. The highest BCUT2D eigenvalue weighted by atomic mass is 35.5. The van der Waals surface area contributed by atoms with Gasteiger partial charge in [-0.3, -0.25) is 14.6 Å². The van der Waals surface area contributed by atoms with Crippen molar-refractivity contribution < 1.29 is 9.59 Å². The van der Waals surface area contributed by atoms with Gasteiger partial charge in [-0.2, -0.15) is 0 Å². The Balaban J connectivity index is 1.59. The Hall–Kier alpha value is -3.18. The van der Waals surface area contributed by atoms with Crippen molar-refractivity contribution in [3.05, 3.63) is 88.7 Å². The second-order valence-electron chi connectivity index (χ2n) is 6.23. The monoisotopic (exact) mass is 377 g/mol. The molecule has 5 nitrogen and oxygen atoms in total. The number of benzene rings is 2. The molecule has 0 fully saturated rings. The summed E-state index contributed by atoms with van der Waals surface area (Å²) in [5, 5.41) is 3.25. The molecule has 1 aliphatic rings. The number of rotatable bonds is 3. The van der Waals surface area contributed by atoms with E-state index in [4.69, 9.17) is 11.6 Å². The highest BCUT2D eigenvalue weighted by molar-refractivity contribution is 6.34. The molecule has 2 aromatic carbocycles. The van der Waals surface area contributed by atoms with Crippen LogP contribution in [0.3, 0.4) is 0 Å². The van der Waals surface area contributed by atoms with Gasteiger partial charge in [-0.15, -0.1) is 0 Å². The summed E-state index contributed by atoms with van der Waals surface area (Å²) in [6.45, 7) is 0.602. The first kappa shape index (κ1) is 17.2. The van der Waals surface area contributed by atoms with Crippen LogP contribution in [0.25, 0.3) is 0 Å². The third-order valence-electron chi connectivity index (χ3n) is 4.51. The van der Waals surface area contributed by atoms with Gasteiger partial charge < -0.3 is 10.2 Å². The average Bonchev–Trinajstić information content (AvgIpc) is 3.11.